The molecule has 6 nitrogen and oxygen atoms in total. The van der Waals surface area contributed by atoms with E-state index >= 15 is 0 Å². The van der Waals surface area contributed by atoms with Gasteiger partial charge in [-0.2, -0.15) is 18.4 Å². The van der Waals surface area contributed by atoms with Crippen LogP contribution in [0.2, 0.25) is 0 Å². The Hall–Kier alpha value is -4.84. The summed E-state index contributed by atoms with van der Waals surface area (Å²) in [6.45, 7) is 3.67. The third-order valence-corrected chi connectivity index (χ3v) is 7.02. The van der Waals surface area contributed by atoms with Crippen molar-refractivity contribution in [3.63, 3.8) is 0 Å². The molecule has 0 saturated heterocycles. The van der Waals surface area contributed by atoms with Gasteiger partial charge in [0.2, 0.25) is 0 Å². The van der Waals surface area contributed by atoms with Crippen LogP contribution in [0.5, 0.6) is 0 Å². The molecule has 2 aromatic heterocycles. The van der Waals surface area contributed by atoms with Crippen LogP contribution in [0.25, 0.3) is 11.1 Å². The van der Waals surface area contributed by atoms with E-state index in [1.54, 1.807) is 31.3 Å². The van der Waals surface area contributed by atoms with E-state index < -0.39 is 11.9 Å². The van der Waals surface area contributed by atoms with Gasteiger partial charge in [-0.15, -0.1) is 0 Å². The summed E-state index contributed by atoms with van der Waals surface area (Å²) in [4.78, 5) is 27.1. The van der Waals surface area contributed by atoms with Gasteiger partial charge in [-0.05, 0) is 77.6 Å². The van der Waals surface area contributed by atoms with E-state index in [9.17, 15) is 23.2 Å². The second-order valence-electron chi connectivity index (χ2n) is 10.1. The Bertz CT molecular complexity index is 1660. The Morgan fingerprint density at radius 1 is 1.07 bits per heavy atom. The number of nitrogens with zero attached hydrogens (tertiary/aromatic N) is 4. The molecule has 2 aromatic carbocycles. The molecule has 3 heterocycles. The van der Waals surface area contributed by atoms with Gasteiger partial charge in [-0.3, -0.25) is 14.8 Å². The molecule has 0 spiro atoms. The van der Waals surface area contributed by atoms with Gasteiger partial charge in [0.15, 0.2) is 11.9 Å². The van der Waals surface area contributed by atoms with Gasteiger partial charge in [-0.1, -0.05) is 36.3 Å². The minimum absolute atomic E-state index is 0.0501. The summed E-state index contributed by atoms with van der Waals surface area (Å²) in [7, 11) is 0. The van der Waals surface area contributed by atoms with Crippen molar-refractivity contribution in [3.05, 3.63) is 118 Å². The zero-order chi connectivity index (χ0) is 29.1. The van der Waals surface area contributed by atoms with Crippen molar-refractivity contribution in [1.29, 1.82) is 5.26 Å². The third kappa shape index (κ3) is 6.17. The molecular weight excluding hydrogens is 529 g/mol. The SMILES string of the molecule is Cc1ccc(-c2cc(C(=O)C[C@H](C)c3ccc(C(F)(F)F)nc3)cc(C3=NOC(c4ccccn4)C3)c2)c(C#N)c1. The molecular formula is C32H25F3N4O2. The maximum Gasteiger partial charge on any atom is 0.433 e. The molecule has 0 radical (unpaired) electrons. The summed E-state index contributed by atoms with van der Waals surface area (Å²) < 4.78 is 38.8. The molecule has 0 saturated carbocycles. The molecule has 206 valence electrons. The first-order valence-corrected chi connectivity index (χ1v) is 13.0. The van der Waals surface area contributed by atoms with Crippen molar-refractivity contribution in [1.82, 2.24) is 9.97 Å². The Labute approximate surface area is 235 Å². The van der Waals surface area contributed by atoms with Crippen LogP contribution in [0.3, 0.4) is 0 Å². The number of hydrogen-bond acceptors (Lipinski definition) is 6. The number of pyridine rings is 2. The van der Waals surface area contributed by atoms with E-state index in [0.29, 0.717) is 45.5 Å². The number of carbonyl (C=O) groups excluding carboxylic acids is 1. The number of halogens is 3. The number of carbonyl (C=O) groups is 1. The third-order valence-electron chi connectivity index (χ3n) is 7.02. The van der Waals surface area contributed by atoms with Crippen LogP contribution in [0, 0.1) is 18.3 Å². The fourth-order valence-corrected chi connectivity index (χ4v) is 4.76. The van der Waals surface area contributed by atoms with Crippen molar-refractivity contribution in [2.45, 2.75) is 44.9 Å². The molecule has 41 heavy (non-hydrogen) atoms. The second-order valence-corrected chi connectivity index (χ2v) is 10.1. The average Bonchev–Trinajstić information content (AvgIpc) is 3.47. The van der Waals surface area contributed by atoms with Gasteiger partial charge in [0.05, 0.1) is 23.0 Å². The van der Waals surface area contributed by atoms with Gasteiger partial charge < -0.3 is 4.84 Å². The van der Waals surface area contributed by atoms with E-state index in [0.717, 1.165) is 23.5 Å². The molecule has 0 aliphatic carbocycles. The number of rotatable bonds is 7. The van der Waals surface area contributed by atoms with Crippen LogP contribution in [-0.4, -0.2) is 21.5 Å². The highest BCUT2D eigenvalue weighted by Crippen LogP contribution is 2.33. The van der Waals surface area contributed by atoms with Crippen LogP contribution in [0.15, 0.2) is 84.3 Å². The first-order valence-electron chi connectivity index (χ1n) is 13.0. The van der Waals surface area contributed by atoms with Gasteiger partial charge in [0.1, 0.15) is 5.69 Å². The molecule has 1 aliphatic heterocycles. The standard InChI is InChI=1S/C32H25F3N4O2/c1-19-6-8-26(25(11-19)17-36)22-13-23(28-16-30(41-39-28)27-5-3-4-10-37-27)15-24(14-22)29(40)12-20(2)21-7-9-31(38-18-21)32(33,34)35/h3-11,13-15,18,20,30H,12,16H2,1-2H3/t20-,30?/m0/s1. The first kappa shape index (κ1) is 27.7. The minimum atomic E-state index is -4.53. The van der Waals surface area contributed by atoms with E-state index in [-0.39, 0.29) is 24.2 Å². The monoisotopic (exact) mass is 554 g/mol. The summed E-state index contributed by atoms with van der Waals surface area (Å²) in [6.07, 6.45) is -1.56. The topological polar surface area (TPSA) is 88.2 Å². The van der Waals surface area contributed by atoms with Crippen LogP contribution in [0.4, 0.5) is 13.2 Å². The number of aryl methyl sites for hydroxylation is 1. The highest BCUT2D eigenvalue weighted by Gasteiger charge is 2.32. The zero-order valence-electron chi connectivity index (χ0n) is 22.3. The zero-order valence-corrected chi connectivity index (χ0v) is 22.3. The molecule has 0 fully saturated rings. The molecule has 2 atom stereocenters. The van der Waals surface area contributed by atoms with Crippen LogP contribution in [-0.2, 0) is 11.0 Å². The molecule has 0 amide bonds. The van der Waals surface area contributed by atoms with Crippen LogP contribution < -0.4 is 0 Å². The van der Waals surface area contributed by atoms with Gasteiger partial charge in [0, 0.05) is 36.4 Å². The normalized spacial score (nSPS) is 15.5. The smallest absolute Gasteiger partial charge is 0.385 e. The number of benzene rings is 2. The average molecular weight is 555 g/mol. The Morgan fingerprint density at radius 2 is 1.88 bits per heavy atom. The number of Topliss-reactive ketones (excluding diaryl/α,β-unsaturated/α-hetero) is 1. The highest BCUT2D eigenvalue weighted by molar-refractivity contribution is 6.06. The first-order chi connectivity index (χ1) is 19.6. The molecule has 0 bridgehead atoms. The van der Waals surface area contributed by atoms with Crippen molar-refractivity contribution in [2.75, 3.05) is 0 Å². The Kier molecular flexibility index (Phi) is 7.66. The van der Waals surface area contributed by atoms with Gasteiger partial charge >= 0.3 is 6.18 Å². The van der Waals surface area contributed by atoms with Crippen molar-refractivity contribution in [2.24, 2.45) is 5.16 Å². The predicted molar refractivity (Wildman–Crippen MR) is 147 cm³/mol. The number of hydrogen-bond donors (Lipinski definition) is 0. The van der Waals surface area contributed by atoms with E-state index in [2.05, 4.69) is 21.2 Å². The lowest BCUT2D eigenvalue weighted by atomic mass is 9.89. The highest BCUT2D eigenvalue weighted by atomic mass is 19.4. The van der Waals surface area contributed by atoms with Crippen molar-refractivity contribution < 1.29 is 22.8 Å². The van der Waals surface area contributed by atoms with Gasteiger partial charge in [0.25, 0.3) is 0 Å². The number of oxime groups is 1. The van der Waals surface area contributed by atoms with E-state index in [1.807, 2.05) is 43.3 Å². The summed E-state index contributed by atoms with van der Waals surface area (Å²) in [6, 6.07) is 21.0. The quantitative estimate of drug-likeness (QED) is 0.220. The number of nitriles is 1. The fraction of sp³-hybridized carbons (Fsp3) is 0.219. The Balaban J connectivity index is 1.47. The molecule has 1 unspecified atom stereocenters. The number of aromatic nitrogens is 2. The largest absolute Gasteiger partial charge is 0.433 e. The summed E-state index contributed by atoms with van der Waals surface area (Å²) >= 11 is 0. The fourth-order valence-electron chi connectivity index (χ4n) is 4.76. The maximum absolute atomic E-state index is 13.6. The van der Waals surface area contributed by atoms with Gasteiger partial charge in [-0.25, -0.2) is 0 Å². The van der Waals surface area contributed by atoms with E-state index in [1.165, 1.54) is 6.07 Å². The summed E-state index contributed by atoms with van der Waals surface area (Å²) in [5.74, 6) is -0.578. The van der Waals surface area contributed by atoms with Crippen molar-refractivity contribution >= 4 is 11.5 Å². The molecule has 1 aliphatic rings. The summed E-state index contributed by atoms with van der Waals surface area (Å²) in [5.41, 5.74) is 4.77. The molecule has 0 N–H and O–H groups in total. The van der Waals surface area contributed by atoms with Crippen LogP contribution >= 0.6 is 0 Å². The lowest BCUT2D eigenvalue weighted by molar-refractivity contribution is -0.141. The number of ketones is 1. The second kappa shape index (κ2) is 11.3. The maximum atomic E-state index is 13.6. The lowest BCUT2D eigenvalue weighted by Gasteiger charge is -2.14. The van der Waals surface area contributed by atoms with Crippen molar-refractivity contribution in [3.8, 4) is 17.2 Å². The molecule has 5 rings (SSSR count). The minimum Gasteiger partial charge on any atom is -0.385 e. The summed E-state index contributed by atoms with van der Waals surface area (Å²) in [5, 5.41) is 14.1. The Morgan fingerprint density at radius 3 is 2.56 bits per heavy atom. The predicted octanol–water partition coefficient (Wildman–Crippen LogP) is 7.58. The number of alkyl halides is 3. The molecule has 9 heteroatoms. The van der Waals surface area contributed by atoms with Crippen LogP contribution in [0.1, 0.15) is 75.8 Å². The lowest BCUT2D eigenvalue weighted by Crippen LogP contribution is -2.10. The van der Waals surface area contributed by atoms with E-state index in [4.69, 9.17) is 4.84 Å². The molecule has 4 aromatic rings.